The maximum absolute atomic E-state index is 11.4. The highest BCUT2D eigenvalue weighted by molar-refractivity contribution is 5.94. The number of fused-ring (bicyclic) bond motifs is 1. The number of nitrogens with one attached hydrogen (secondary N) is 1. The zero-order valence-corrected chi connectivity index (χ0v) is 9.07. The van der Waals surface area contributed by atoms with Gasteiger partial charge in [-0.1, -0.05) is 6.07 Å². The van der Waals surface area contributed by atoms with E-state index in [0.717, 1.165) is 18.5 Å². The third kappa shape index (κ3) is 2.23. The zero-order chi connectivity index (χ0) is 11.5. The van der Waals surface area contributed by atoms with Crippen LogP contribution in [0.2, 0.25) is 0 Å². The summed E-state index contributed by atoms with van der Waals surface area (Å²) in [6.07, 6.45) is 2.24. The van der Waals surface area contributed by atoms with Gasteiger partial charge in [-0.3, -0.25) is 4.79 Å². The van der Waals surface area contributed by atoms with Crippen LogP contribution in [0.5, 0.6) is 0 Å². The molecule has 0 aliphatic heterocycles. The van der Waals surface area contributed by atoms with Gasteiger partial charge in [0, 0.05) is 12.2 Å². The number of benzene rings is 1. The van der Waals surface area contributed by atoms with E-state index in [1.807, 2.05) is 18.2 Å². The lowest BCUT2D eigenvalue weighted by atomic mass is 10.1. The van der Waals surface area contributed by atoms with Gasteiger partial charge in [0.1, 0.15) is 6.10 Å². The van der Waals surface area contributed by atoms with Gasteiger partial charge in [-0.2, -0.15) is 0 Å². The van der Waals surface area contributed by atoms with E-state index in [2.05, 4.69) is 5.32 Å². The third-order valence-electron chi connectivity index (χ3n) is 2.89. The number of hydrogen-bond acceptors (Lipinski definition) is 3. The molecule has 1 unspecified atom stereocenters. The second-order valence-electron chi connectivity index (χ2n) is 4.08. The predicted molar refractivity (Wildman–Crippen MR) is 62.2 cm³/mol. The van der Waals surface area contributed by atoms with Crippen molar-refractivity contribution in [2.45, 2.75) is 25.4 Å². The monoisotopic (exact) mass is 220 g/mol. The highest BCUT2D eigenvalue weighted by atomic mass is 16.3. The van der Waals surface area contributed by atoms with Gasteiger partial charge in [-0.25, -0.2) is 0 Å². The number of rotatable bonds is 3. The average Bonchev–Trinajstić information content (AvgIpc) is 2.75. The zero-order valence-electron chi connectivity index (χ0n) is 9.07. The molecule has 2 rings (SSSR count). The first-order chi connectivity index (χ1) is 7.70. The van der Waals surface area contributed by atoms with Crippen LogP contribution in [-0.2, 0) is 17.6 Å². The molecule has 4 nitrogen and oxygen atoms in total. The van der Waals surface area contributed by atoms with Crippen molar-refractivity contribution in [3.05, 3.63) is 29.3 Å². The number of nitrogens with two attached hydrogens (primary N) is 1. The number of carbonyl (C=O) groups is 1. The van der Waals surface area contributed by atoms with E-state index in [1.54, 1.807) is 0 Å². The Hall–Kier alpha value is -1.39. The van der Waals surface area contributed by atoms with E-state index in [1.165, 1.54) is 17.5 Å². The van der Waals surface area contributed by atoms with Gasteiger partial charge in [-0.15, -0.1) is 0 Å². The fraction of sp³-hybridized carbons (Fsp3) is 0.417. The number of aliphatic hydroxyl groups excluding tert-OH is 1. The van der Waals surface area contributed by atoms with Crippen molar-refractivity contribution < 1.29 is 9.90 Å². The Morgan fingerprint density at radius 1 is 1.44 bits per heavy atom. The van der Waals surface area contributed by atoms with Crippen molar-refractivity contribution in [1.29, 1.82) is 0 Å². The molecule has 0 fully saturated rings. The van der Waals surface area contributed by atoms with Crippen molar-refractivity contribution in [3.8, 4) is 0 Å². The van der Waals surface area contributed by atoms with Crippen molar-refractivity contribution in [2.75, 3.05) is 11.9 Å². The first-order valence-corrected chi connectivity index (χ1v) is 5.51. The Kier molecular flexibility index (Phi) is 3.22. The smallest absolute Gasteiger partial charge is 0.254 e. The summed E-state index contributed by atoms with van der Waals surface area (Å²) < 4.78 is 0. The fourth-order valence-electron chi connectivity index (χ4n) is 1.98. The molecule has 0 heterocycles. The number of anilines is 1. The van der Waals surface area contributed by atoms with Crippen LogP contribution in [0.15, 0.2) is 18.2 Å². The van der Waals surface area contributed by atoms with Crippen LogP contribution < -0.4 is 11.1 Å². The van der Waals surface area contributed by atoms with Crippen LogP contribution in [-0.4, -0.2) is 23.7 Å². The molecule has 1 aliphatic carbocycles. The Balaban J connectivity index is 2.08. The molecular weight excluding hydrogens is 204 g/mol. The molecule has 0 saturated heterocycles. The van der Waals surface area contributed by atoms with Crippen LogP contribution in [0.25, 0.3) is 0 Å². The fourth-order valence-corrected chi connectivity index (χ4v) is 1.98. The molecule has 0 aromatic heterocycles. The Bertz CT molecular complexity index is 404. The highest BCUT2D eigenvalue weighted by Gasteiger charge is 2.15. The lowest BCUT2D eigenvalue weighted by Crippen LogP contribution is -2.34. The highest BCUT2D eigenvalue weighted by Crippen LogP contribution is 2.24. The second kappa shape index (κ2) is 4.63. The summed E-state index contributed by atoms with van der Waals surface area (Å²) in [5.41, 5.74) is 8.59. The predicted octanol–water partition coefficient (Wildman–Crippen LogP) is 0.433. The maximum atomic E-state index is 11.4. The molecule has 1 aromatic rings. The van der Waals surface area contributed by atoms with Crippen LogP contribution in [0.1, 0.15) is 17.5 Å². The molecule has 16 heavy (non-hydrogen) atoms. The summed E-state index contributed by atoms with van der Waals surface area (Å²) >= 11 is 0. The largest absolute Gasteiger partial charge is 0.382 e. The first-order valence-electron chi connectivity index (χ1n) is 5.51. The summed E-state index contributed by atoms with van der Waals surface area (Å²) in [5, 5.41) is 11.9. The molecule has 4 heteroatoms. The lowest BCUT2D eigenvalue weighted by molar-refractivity contribution is -0.123. The van der Waals surface area contributed by atoms with Gasteiger partial charge in [0.15, 0.2) is 0 Å². The van der Waals surface area contributed by atoms with E-state index < -0.39 is 12.0 Å². The van der Waals surface area contributed by atoms with Crippen LogP contribution in [0, 0.1) is 0 Å². The van der Waals surface area contributed by atoms with Crippen LogP contribution >= 0.6 is 0 Å². The molecule has 1 aromatic carbocycles. The first kappa shape index (κ1) is 11.1. The van der Waals surface area contributed by atoms with Gasteiger partial charge >= 0.3 is 0 Å². The molecule has 0 radical (unpaired) electrons. The minimum absolute atomic E-state index is 0.0588. The van der Waals surface area contributed by atoms with Gasteiger partial charge in [0.25, 0.3) is 5.91 Å². The van der Waals surface area contributed by atoms with Gasteiger partial charge in [-0.05, 0) is 42.5 Å². The molecular formula is C12H16N2O2. The van der Waals surface area contributed by atoms with E-state index in [4.69, 9.17) is 5.73 Å². The van der Waals surface area contributed by atoms with Gasteiger partial charge in [0.2, 0.25) is 0 Å². The summed E-state index contributed by atoms with van der Waals surface area (Å²) in [6.45, 7) is -0.0588. The summed E-state index contributed by atoms with van der Waals surface area (Å²) in [5.74, 6) is -0.444. The summed E-state index contributed by atoms with van der Waals surface area (Å²) in [6, 6.07) is 5.88. The van der Waals surface area contributed by atoms with Crippen LogP contribution in [0.4, 0.5) is 5.69 Å². The number of aliphatic hydroxyl groups is 1. The van der Waals surface area contributed by atoms with Crippen LogP contribution in [0.3, 0.4) is 0 Å². The molecule has 1 amide bonds. The average molecular weight is 220 g/mol. The molecule has 0 spiro atoms. The minimum atomic E-state index is -1.13. The summed E-state index contributed by atoms with van der Waals surface area (Å²) in [4.78, 5) is 11.4. The second-order valence-corrected chi connectivity index (χ2v) is 4.08. The molecule has 1 atom stereocenters. The lowest BCUT2D eigenvalue weighted by Gasteiger charge is -2.10. The van der Waals surface area contributed by atoms with E-state index in [9.17, 15) is 9.90 Å². The SMILES string of the molecule is NCC(O)C(=O)Nc1ccc2c(c1)CCC2. The number of carbonyl (C=O) groups excluding carboxylic acids is 1. The van der Waals surface area contributed by atoms with Gasteiger partial charge < -0.3 is 16.2 Å². The topological polar surface area (TPSA) is 75.3 Å². The quantitative estimate of drug-likeness (QED) is 0.691. The Labute approximate surface area is 94.5 Å². The Morgan fingerprint density at radius 3 is 2.94 bits per heavy atom. The van der Waals surface area contributed by atoms with Crippen molar-refractivity contribution in [3.63, 3.8) is 0 Å². The Morgan fingerprint density at radius 2 is 2.19 bits per heavy atom. The maximum Gasteiger partial charge on any atom is 0.254 e. The van der Waals surface area contributed by atoms with Crippen molar-refractivity contribution in [2.24, 2.45) is 5.73 Å². The van der Waals surface area contributed by atoms with Gasteiger partial charge in [0.05, 0.1) is 0 Å². The molecule has 0 bridgehead atoms. The minimum Gasteiger partial charge on any atom is -0.382 e. The molecule has 4 N–H and O–H groups in total. The van der Waals surface area contributed by atoms with E-state index in [-0.39, 0.29) is 6.54 Å². The number of aryl methyl sites for hydroxylation is 2. The van der Waals surface area contributed by atoms with E-state index in [0.29, 0.717) is 0 Å². The molecule has 86 valence electrons. The summed E-state index contributed by atoms with van der Waals surface area (Å²) in [7, 11) is 0. The van der Waals surface area contributed by atoms with Crippen molar-refractivity contribution >= 4 is 11.6 Å². The normalized spacial score (nSPS) is 15.6. The van der Waals surface area contributed by atoms with E-state index >= 15 is 0 Å². The standard InChI is InChI=1S/C12H16N2O2/c13-7-11(15)12(16)14-10-5-4-8-2-1-3-9(8)6-10/h4-6,11,15H,1-3,7,13H2,(H,14,16). The number of amides is 1. The third-order valence-corrected chi connectivity index (χ3v) is 2.89. The number of hydrogen-bond donors (Lipinski definition) is 3. The molecule has 0 saturated carbocycles. The van der Waals surface area contributed by atoms with Crippen molar-refractivity contribution in [1.82, 2.24) is 0 Å². The molecule has 1 aliphatic rings.